The van der Waals surface area contributed by atoms with E-state index in [4.69, 9.17) is 4.98 Å². The Hall–Kier alpha value is -2.99. The summed E-state index contributed by atoms with van der Waals surface area (Å²) in [7, 11) is 0. The Kier molecular flexibility index (Phi) is 4.74. The van der Waals surface area contributed by atoms with Gasteiger partial charge in [-0.25, -0.2) is 9.67 Å². The molecule has 2 aromatic heterocycles. The van der Waals surface area contributed by atoms with Crippen LogP contribution in [0.25, 0.3) is 15.3 Å². The van der Waals surface area contributed by atoms with E-state index in [1.54, 1.807) is 11.3 Å². The summed E-state index contributed by atoms with van der Waals surface area (Å²) in [6, 6.07) is 9.86. The van der Waals surface area contributed by atoms with E-state index in [0.29, 0.717) is 5.56 Å². The molecule has 0 bridgehead atoms. The van der Waals surface area contributed by atoms with Crippen LogP contribution in [-0.4, -0.2) is 20.7 Å². The second-order valence-corrected chi connectivity index (χ2v) is 8.61. The molecular formula is C23H24N4OS. The summed E-state index contributed by atoms with van der Waals surface area (Å²) in [6.45, 7) is 12.1. The number of thiazole rings is 1. The minimum Gasteiger partial charge on any atom is -0.321 e. The molecular weight excluding hydrogens is 380 g/mol. The molecule has 4 aromatic rings. The number of hydrogen-bond acceptors (Lipinski definition) is 4. The van der Waals surface area contributed by atoms with Gasteiger partial charge in [-0.1, -0.05) is 17.4 Å². The Morgan fingerprint density at radius 3 is 2.38 bits per heavy atom. The Labute approximate surface area is 174 Å². The van der Waals surface area contributed by atoms with E-state index in [0.717, 1.165) is 49.1 Å². The number of aromatic nitrogens is 3. The molecule has 1 N–H and O–H groups in total. The number of rotatable bonds is 3. The SMILES string of the molecule is Cc1cc(C)n(-c2nc3cc(C)c(NC(=O)c4ccc(C)c(C)c4)c(C)c3s2)n1. The predicted octanol–water partition coefficient (Wildman–Crippen LogP) is 5.58. The number of nitrogens with one attached hydrogen (secondary N) is 1. The summed E-state index contributed by atoms with van der Waals surface area (Å²) >= 11 is 1.59. The van der Waals surface area contributed by atoms with E-state index in [1.807, 2.05) is 76.6 Å². The van der Waals surface area contributed by atoms with Crippen molar-refractivity contribution in [3.8, 4) is 5.13 Å². The first kappa shape index (κ1) is 19.3. The maximum Gasteiger partial charge on any atom is 0.255 e. The van der Waals surface area contributed by atoms with Crippen molar-refractivity contribution in [2.45, 2.75) is 41.5 Å². The maximum atomic E-state index is 12.9. The molecule has 0 spiro atoms. The number of amides is 1. The zero-order chi connectivity index (χ0) is 20.9. The van der Waals surface area contributed by atoms with Gasteiger partial charge >= 0.3 is 0 Å². The lowest BCUT2D eigenvalue weighted by molar-refractivity contribution is 0.102. The van der Waals surface area contributed by atoms with Gasteiger partial charge in [0, 0.05) is 16.9 Å². The van der Waals surface area contributed by atoms with Crippen LogP contribution in [0, 0.1) is 41.5 Å². The van der Waals surface area contributed by atoms with Crippen LogP contribution in [0.1, 0.15) is 44.0 Å². The van der Waals surface area contributed by atoms with Gasteiger partial charge in [0.2, 0.25) is 5.13 Å². The Morgan fingerprint density at radius 1 is 0.966 bits per heavy atom. The van der Waals surface area contributed by atoms with Crippen molar-refractivity contribution in [1.82, 2.24) is 14.8 Å². The molecule has 0 atom stereocenters. The first-order valence-electron chi connectivity index (χ1n) is 9.57. The van der Waals surface area contributed by atoms with Gasteiger partial charge in [-0.05, 0) is 88.1 Å². The molecule has 0 saturated heterocycles. The van der Waals surface area contributed by atoms with E-state index in [1.165, 1.54) is 5.56 Å². The first-order chi connectivity index (χ1) is 13.7. The number of hydrogen-bond donors (Lipinski definition) is 1. The van der Waals surface area contributed by atoms with Crippen molar-refractivity contribution in [2.24, 2.45) is 0 Å². The molecule has 29 heavy (non-hydrogen) atoms. The zero-order valence-electron chi connectivity index (χ0n) is 17.5. The number of anilines is 1. The van der Waals surface area contributed by atoms with Crippen molar-refractivity contribution in [1.29, 1.82) is 0 Å². The fourth-order valence-corrected chi connectivity index (χ4v) is 4.61. The van der Waals surface area contributed by atoms with Gasteiger partial charge in [-0.3, -0.25) is 4.79 Å². The minimum absolute atomic E-state index is 0.0954. The minimum atomic E-state index is -0.0954. The van der Waals surface area contributed by atoms with E-state index < -0.39 is 0 Å². The monoisotopic (exact) mass is 404 g/mol. The van der Waals surface area contributed by atoms with Crippen molar-refractivity contribution in [3.05, 3.63) is 69.5 Å². The molecule has 4 rings (SSSR count). The summed E-state index contributed by atoms with van der Waals surface area (Å²) in [6.07, 6.45) is 0. The topological polar surface area (TPSA) is 59.8 Å². The lowest BCUT2D eigenvalue weighted by Crippen LogP contribution is -2.14. The standard InChI is InChI=1S/C23H24N4OS/c1-12-7-8-18(9-13(12)2)22(28)25-20-14(3)10-19-21(17(20)6)29-23(24-19)27-16(5)11-15(4)26-27/h7-11H,1-6H3,(H,25,28). The van der Waals surface area contributed by atoms with Crippen LogP contribution < -0.4 is 5.32 Å². The van der Waals surface area contributed by atoms with Crippen molar-refractivity contribution >= 4 is 33.1 Å². The highest BCUT2D eigenvalue weighted by Crippen LogP contribution is 2.35. The highest BCUT2D eigenvalue weighted by molar-refractivity contribution is 7.21. The zero-order valence-corrected chi connectivity index (χ0v) is 18.4. The van der Waals surface area contributed by atoms with Gasteiger partial charge in [0.25, 0.3) is 5.91 Å². The third kappa shape index (κ3) is 3.44. The summed E-state index contributed by atoms with van der Waals surface area (Å²) in [5.41, 5.74) is 8.78. The van der Waals surface area contributed by atoms with Gasteiger partial charge in [-0.2, -0.15) is 5.10 Å². The van der Waals surface area contributed by atoms with Crippen molar-refractivity contribution < 1.29 is 4.79 Å². The number of nitrogens with zero attached hydrogens (tertiary/aromatic N) is 3. The molecule has 2 heterocycles. The van der Waals surface area contributed by atoms with Gasteiger partial charge in [0.05, 0.1) is 15.9 Å². The summed E-state index contributed by atoms with van der Waals surface area (Å²) in [5.74, 6) is -0.0954. The number of fused-ring (bicyclic) bond motifs is 1. The van der Waals surface area contributed by atoms with Crippen LogP contribution in [0.4, 0.5) is 5.69 Å². The van der Waals surface area contributed by atoms with Crippen LogP contribution in [0.3, 0.4) is 0 Å². The second-order valence-electron chi connectivity index (χ2n) is 7.63. The molecule has 148 valence electrons. The van der Waals surface area contributed by atoms with E-state index >= 15 is 0 Å². The molecule has 2 aromatic carbocycles. The van der Waals surface area contributed by atoms with Crippen LogP contribution in [-0.2, 0) is 0 Å². The fourth-order valence-electron chi connectivity index (χ4n) is 3.55. The van der Waals surface area contributed by atoms with Gasteiger partial charge in [0.1, 0.15) is 0 Å². The van der Waals surface area contributed by atoms with Crippen LogP contribution >= 0.6 is 11.3 Å². The molecule has 0 aliphatic rings. The normalized spacial score (nSPS) is 11.2. The van der Waals surface area contributed by atoms with Crippen molar-refractivity contribution in [3.63, 3.8) is 0 Å². The maximum absolute atomic E-state index is 12.9. The van der Waals surface area contributed by atoms with E-state index in [9.17, 15) is 4.79 Å². The Bertz CT molecular complexity index is 1270. The molecule has 0 aliphatic carbocycles. The Morgan fingerprint density at radius 2 is 1.72 bits per heavy atom. The summed E-state index contributed by atoms with van der Waals surface area (Å²) < 4.78 is 2.94. The fraction of sp³-hybridized carbons (Fsp3) is 0.261. The number of carbonyl (C=O) groups excluding carboxylic acids is 1. The van der Waals surface area contributed by atoms with Gasteiger partial charge in [-0.15, -0.1) is 0 Å². The average molecular weight is 405 g/mol. The lowest BCUT2D eigenvalue weighted by atomic mass is 10.0. The first-order valence-corrected chi connectivity index (χ1v) is 10.4. The molecule has 5 nitrogen and oxygen atoms in total. The third-order valence-electron chi connectivity index (χ3n) is 5.30. The number of benzene rings is 2. The average Bonchev–Trinajstić information content (AvgIpc) is 3.23. The molecule has 1 amide bonds. The molecule has 6 heteroatoms. The van der Waals surface area contributed by atoms with Crippen LogP contribution in [0.2, 0.25) is 0 Å². The highest BCUT2D eigenvalue weighted by Gasteiger charge is 2.17. The van der Waals surface area contributed by atoms with Crippen molar-refractivity contribution in [2.75, 3.05) is 5.32 Å². The molecule has 0 aliphatic heterocycles. The van der Waals surface area contributed by atoms with Gasteiger partial charge in [0.15, 0.2) is 0 Å². The van der Waals surface area contributed by atoms with E-state index in [2.05, 4.69) is 10.4 Å². The highest BCUT2D eigenvalue weighted by atomic mass is 32.1. The number of carbonyl (C=O) groups is 1. The second kappa shape index (κ2) is 7.12. The largest absolute Gasteiger partial charge is 0.321 e. The molecule has 0 fully saturated rings. The summed E-state index contributed by atoms with van der Waals surface area (Å²) in [4.78, 5) is 17.6. The predicted molar refractivity (Wildman–Crippen MR) is 120 cm³/mol. The summed E-state index contributed by atoms with van der Waals surface area (Å²) in [5, 5.41) is 8.50. The lowest BCUT2D eigenvalue weighted by Gasteiger charge is -2.13. The quantitative estimate of drug-likeness (QED) is 0.484. The van der Waals surface area contributed by atoms with Crippen LogP contribution in [0.5, 0.6) is 0 Å². The molecule has 0 radical (unpaired) electrons. The molecule has 0 unspecified atom stereocenters. The van der Waals surface area contributed by atoms with Crippen LogP contribution in [0.15, 0.2) is 30.3 Å². The molecule has 0 saturated carbocycles. The smallest absolute Gasteiger partial charge is 0.255 e. The van der Waals surface area contributed by atoms with Gasteiger partial charge < -0.3 is 5.32 Å². The number of aryl methyl sites for hydroxylation is 6. The van der Waals surface area contributed by atoms with E-state index in [-0.39, 0.29) is 5.91 Å². The third-order valence-corrected chi connectivity index (χ3v) is 6.47. The Balaban J connectivity index is 1.74.